The van der Waals surface area contributed by atoms with Crippen LogP contribution in [0.5, 0.6) is 11.5 Å². The van der Waals surface area contributed by atoms with Crippen LogP contribution in [0.15, 0.2) is 72.8 Å². The molecule has 0 spiro atoms. The molecule has 3 aromatic rings. The van der Waals surface area contributed by atoms with E-state index in [0.717, 1.165) is 22.4 Å². The lowest BCUT2D eigenvalue weighted by molar-refractivity contribution is 0.0939. The van der Waals surface area contributed by atoms with Gasteiger partial charge in [-0.1, -0.05) is 69.3 Å². The number of nitrogens with one attached hydrogen (secondary N) is 1. The van der Waals surface area contributed by atoms with Crippen LogP contribution in [0.3, 0.4) is 0 Å². The van der Waals surface area contributed by atoms with Gasteiger partial charge in [-0.25, -0.2) is 0 Å². The number of hydrogen-bond donors (Lipinski definition) is 1. The van der Waals surface area contributed by atoms with Gasteiger partial charge in [-0.05, 0) is 47.7 Å². The molecule has 1 N–H and O–H groups in total. The Morgan fingerprint density at radius 3 is 2.29 bits per heavy atom. The van der Waals surface area contributed by atoms with Gasteiger partial charge in [-0.15, -0.1) is 0 Å². The summed E-state index contributed by atoms with van der Waals surface area (Å²) in [5.74, 6) is 1.40. The Morgan fingerprint density at radius 1 is 0.935 bits per heavy atom. The van der Waals surface area contributed by atoms with Crippen LogP contribution in [0.25, 0.3) is 0 Å². The molecule has 0 aliphatic carbocycles. The molecule has 0 aliphatic heterocycles. The van der Waals surface area contributed by atoms with E-state index >= 15 is 0 Å². The molecule has 3 aromatic carbocycles. The highest BCUT2D eigenvalue weighted by Crippen LogP contribution is 2.32. The van der Waals surface area contributed by atoms with Gasteiger partial charge in [0.05, 0.1) is 13.2 Å². The zero-order chi connectivity index (χ0) is 22.4. The summed E-state index contributed by atoms with van der Waals surface area (Å²) in [4.78, 5) is 12.8. The summed E-state index contributed by atoms with van der Waals surface area (Å²) in [6.45, 7) is 8.77. The van der Waals surface area contributed by atoms with Gasteiger partial charge >= 0.3 is 0 Å². The van der Waals surface area contributed by atoms with E-state index in [1.807, 2.05) is 67.6 Å². The van der Waals surface area contributed by atoms with Crippen molar-refractivity contribution in [3.8, 4) is 11.5 Å². The van der Waals surface area contributed by atoms with E-state index in [4.69, 9.17) is 9.47 Å². The molecule has 0 saturated heterocycles. The van der Waals surface area contributed by atoms with Crippen LogP contribution in [0.4, 0.5) is 0 Å². The Morgan fingerprint density at radius 2 is 1.61 bits per heavy atom. The summed E-state index contributed by atoms with van der Waals surface area (Å²) in [7, 11) is 1.62. The third-order valence-corrected chi connectivity index (χ3v) is 5.27. The molecule has 1 amide bonds. The number of para-hydroxylation sites is 1. The second kappa shape index (κ2) is 9.69. The van der Waals surface area contributed by atoms with E-state index in [2.05, 4.69) is 32.2 Å². The van der Waals surface area contributed by atoms with Crippen LogP contribution in [0.1, 0.15) is 60.8 Å². The molecule has 1 atom stereocenters. The van der Waals surface area contributed by atoms with Crippen molar-refractivity contribution in [3.05, 3.63) is 95.1 Å². The molecule has 3 rings (SSSR count). The predicted octanol–water partition coefficient (Wildman–Crippen LogP) is 6.06. The summed E-state index contributed by atoms with van der Waals surface area (Å²) in [6.07, 6.45) is 0. The molecule has 0 aromatic heterocycles. The van der Waals surface area contributed by atoms with Gasteiger partial charge in [-0.3, -0.25) is 4.79 Å². The molecule has 0 heterocycles. The van der Waals surface area contributed by atoms with Crippen molar-refractivity contribution in [2.75, 3.05) is 7.11 Å². The molecule has 0 bridgehead atoms. The zero-order valence-corrected chi connectivity index (χ0v) is 18.9. The fourth-order valence-electron chi connectivity index (χ4n) is 3.51. The third-order valence-electron chi connectivity index (χ3n) is 5.27. The van der Waals surface area contributed by atoms with E-state index in [0.29, 0.717) is 17.9 Å². The SMILES string of the molecule is COc1ccc(C(=O)N[C@@H](C)c2ccccc2)cc1COc1ccccc1C(C)(C)C. The average Bonchev–Trinajstić information content (AvgIpc) is 2.77. The first-order chi connectivity index (χ1) is 14.8. The Bertz CT molecular complexity index is 1020. The number of carbonyl (C=O) groups excluding carboxylic acids is 1. The van der Waals surface area contributed by atoms with E-state index in [-0.39, 0.29) is 17.4 Å². The lowest BCUT2D eigenvalue weighted by Gasteiger charge is -2.23. The number of ether oxygens (including phenoxy) is 2. The highest BCUT2D eigenvalue weighted by Gasteiger charge is 2.19. The Kier molecular flexibility index (Phi) is 7.01. The monoisotopic (exact) mass is 417 g/mol. The molecule has 4 nitrogen and oxygen atoms in total. The van der Waals surface area contributed by atoms with Crippen LogP contribution < -0.4 is 14.8 Å². The molecular weight excluding hydrogens is 386 g/mol. The quantitative estimate of drug-likeness (QED) is 0.508. The Labute approximate surface area is 185 Å². The summed E-state index contributed by atoms with van der Waals surface area (Å²) in [5, 5.41) is 3.06. The van der Waals surface area contributed by atoms with Gasteiger partial charge in [0, 0.05) is 11.1 Å². The van der Waals surface area contributed by atoms with Crippen LogP contribution in [-0.4, -0.2) is 13.0 Å². The van der Waals surface area contributed by atoms with Gasteiger partial charge in [-0.2, -0.15) is 0 Å². The summed E-state index contributed by atoms with van der Waals surface area (Å²) in [5.41, 5.74) is 3.57. The molecule has 0 saturated carbocycles. The minimum atomic E-state index is -0.129. The second-order valence-corrected chi connectivity index (χ2v) is 8.67. The fourth-order valence-corrected chi connectivity index (χ4v) is 3.51. The van der Waals surface area contributed by atoms with Gasteiger partial charge in [0.15, 0.2) is 0 Å². The van der Waals surface area contributed by atoms with Gasteiger partial charge < -0.3 is 14.8 Å². The van der Waals surface area contributed by atoms with Crippen molar-refractivity contribution in [1.29, 1.82) is 0 Å². The predicted molar refractivity (Wildman–Crippen MR) is 125 cm³/mol. The Hall–Kier alpha value is -3.27. The summed E-state index contributed by atoms with van der Waals surface area (Å²) >= 11 is 0. The molecule has 0 unspecified atom stereocenters. The van der Waals surface area contributed by atoms with E-state index in [9.17, 15) is 4.79 Å². The number of hydrogen-bond acceptors (Lipinski definition) is 3. The van der Waals surface area contributed by atoms with Gasteiger partial charge in [0.2, 0.25) is 0 Å². The number of amides is 1. The van der Waals surface area contributed by atoms with Crippen molar-refractivity contribution in [3.63, 3.8) is 0 Å². The first-order valence-corrected chi connectivity index (χ1v) is 10.5. The lowest BCUT2D eigenvalue weighted by Crippen LogP contribution is -2.26. The lowest BCUT2D eigenvalue weighted by atomic mass is 9.86. The highest BCUT2D eigenvalue weighted by atomic mass is 16.5. The first kappa shape index (κ1) is 22.4. The third kappa shape index (κ3) is 5.66. The normalized spacial score (nSPS) is 12.2. The standard InChI is InChI=1S/C27H31NO3/c1-19(20-11-7-6-8-12-20)28-26(29)21-15-16-24(30-5)22(17-21)18-31-25-14-10-9-13-23(25)27(2,3)4/h6-17,19H,18H2,1-5H3,(H,28,29)/t19-/m0/s1. The molecule has 31 heavy (non-hydrogen) atoms. The molecular formula is C27H31NO3. The van der Waals surface area contributed by atoms with Crippen molar-refractivity contribution in [2.24, 2.45) is 0 Å². The molecule has 162 valence electrons. The Balaban J connectivity index is 1.78. The van der Waals surface area contributed by atoms with Crippen molar-refractivity contribution in [2.45, 2.75) is 45.8 Å². The van der Waals surface area contributed by atoms with Gasteiger partial charge in [0.1, 0.15) is 18.1 Å². The summed E-state index contributed by atoms with van der Waals surface area (Å²) < 4.78 is 11.7. The minimum absolute atomic E-state index is 0.0318. The van der Waals surface area contributed by atoms with Crippen LogP contribution in [0.2, 0.25) is 0 Å². The number of benzene rings is 3. The molecule has 4 heteroatoms. The van der Waals surface area contributed by atoms with Crippen molar-refractivity contribution < 1.29 is 14.3 Å². The fraction of sp³-hybridized carbons (Fsp3) is 0.296. The maximum atomic E-state index is 12.8. The van der Waals surface area contributed by atoms with Crippen molar-refractivity contribution in [1.82, 2.24) is 5.32 Å². The average molecular weight is 418 g/mol. The molecule has 0 radical (unpaired) electrons. The van der Waals surface area contributed by atoms with E-state index in [1.165, 1.54) is 0 Å². The van der Waals surface area contributed by atoms with Crippen LogP contribution >= 0.6 is 0 Å². The van der Waals surface area contributed by atoms with Crippen LogP contribution in [-0.2, 0) is 12.0 Å². The van der Waals surface area contributed by atoms with Crippen LogP contribution in [0, 0.1) is 0 Å². The van der Waals surface area contributed by atoms with Gasteiger partial charge in [0.25, 0.3) is 5.91 Å². The van der Waals surface area contributed by atoms with E-state index in [1.54, 1.807) is 13.2 Å². The number of carbonyl (C=O) groups is 1. The zero-order valence-electron chi connectivity index (χ0n) is 18.9. The van der Waals surface area contributed by atoms with Crippen molar-refractivity contribution >= 4 is 5.91 Å². The second-order valence-electron chi connectivity index (χ2n) is 8.67. The topological polar surface area (TPSA) is 47.6 Å². The smallest absolute Gasteiger partial charge is 0.251 e. The number of rotatable bonds is 7. The molecule has 0 fully saturated rings. The maximum absolute atomic E-state index is 12.8. The first-order valence-electron chi connectivity index (χ1n) is 10.5. The maximum Gasteiger partial charge on any atom is 0.251 e. The summed E-state index contributed by atoms with van der Waals surface area (Å²) in [6, 6.07) is 23.3. The highest BCUT2D eigenvalue weighted by molar-refractivity contribution is 5.94. The largest absolute Gasteiger partial charge is 0.496 e. The number of methoxy groups -OCH3 is 1. The minimum Gasteiger partial charge on any atom is -0.496 e. The van der Waals surface area contributed by atoms with E-state index < -0.39 is 0 Å². The molecule has 0 aliphatic rings.